The summed E-state index contributed by atoms with van der Waals surface area (Å²) in [6, 6.07) is 9.61. The Morgan fingerprint density at radius 1 is 1.24 bits per heavy atom. The van der Waals surface area contributed by atoms with Crippen LogP contribution < -0.4 is 5.32 Å². The number of rotatable bonds is 8. The molecule has 0 saturated heterocycles. The summed E-state index contributed by atoms with van der Waals surface area (Å²) in [4.78, 5) is 24.3. The average molecular weight is 432 g/mol. The van der Waals surface area contributed by atoms with Crippen molar-refractivity contribution in [3.63, 3.8) is 0 Å². The first-order valence-corrected chi connectivity index (χ1v) is 10.9. The Morgan fingerprint density at radius 3 is 2.69 bits per heavy atom. The fraction of sp³-hybridized carbons (Fsp3) is 0.316. The Bertz CT molecular complexity index is 982. The van der Waals surface area contributed by atoms with E-state index in [1.165, 1.54) is 28.7 Å². The van der Waals surface area contributed by atoms with E-state index in [0.717, 1.165) is 5.69 Å². The number of benzene rings is 1. The molecule has 0 unspecified atom stereocenters. The number of carbonyl (C=O) groups excluding carboxylic acids is 2. The molecule has 10 heteroatoms. The van der Waals surface area contributed by atoms with Crippen LogP contribution in [-0.4, -0.2) is 44.4 Å². The number of hydrogen-bond donors (Lipinski definition) is 1. The molecule has 1 aromatic carbocycles. The fourth-order valence-corrected chi connectivity index (χ4v) is 3.98. The third-order valence-electron chi connectivity index (χ3n) is 3.99. The first-order chi connectivity index (χ1) is 14.0. The highest BCUT2D eigenvalue weighted by molar-refractivity contribution is 7.99. The summed E-state index contributed by atoms with van der Waals surface area (Å²) < 4.78 is 6.59. The van der Waals surface area contributed by atoms with E-state index in [1.54, 1.807) is 23.1 Å². The van der Waals surface area contributed by atoms with Gasteiger partial charge in [0.2, 0.25) is 11.1 Å². The predicted molar refractivity (Wildman–Crippen MR) is 113 cm³/mol. The van der Waals surface area contributed by atoms with Crippen LogP contribution in [-0.2, 0) is 9.53 Å². The molecule has 0 fully saturated rings. The number of thioether (sulfide) groups is 1. The highest BCUT2D eigenvalue weighted by Gasteiger charge is 2.17. The van der Waals surface area contributed by atoms with Crippen LogP contribution in [0.1, 0.15) is 42.6 Å². The number of nitrogens with one attached hydrogen (secondary N) is 1. The lowest BCUT2D eigenvalue weighted by atomic mass is 10.0. The number of hydrogen-bond acceptors (Lipinski definition) is 8. The normalized spacial score (nSPS) is 10.9. The van der Waals surface area contributed by atoms with Crippen molar-refractivity contribution in [3.8, 4) is 5.69 Å². The summed E-state index contributed by atoms with van der Waals surface area (Å²) in [7, 11) is 0. The van der Waals surface area contributed by atoms with E-state index in [1.807, 2.05) is 24.3 Å². The summed E-state index contributed by atoms with van der Waals surface area (Å²) >= 11 is 2.49. The molecule has 0 bridgehead atoms. The Labute approximate surface area is 176 Å². The van der Waals surface area contributed by atoms with Crippen LogP contribution in [0.25, 0.3) is 5.69 Å². The summed E-state index contributed by atoms with van der Waals surface area (Å²) in [5.74, 6) is -0.171. The van der Waals surface area contributed by atoms with Crippen molar-refractivity contribution in [2.75, 3.05) is 17.7 Å². The molecule has 2 heterocycles. The van der Waals surface area contributed by atoms with Crippen LogP contribution in [0.2, 0.25) is 0 Å². The van der Waals surface area contributed by atoms with E-state index in [9.17, 15) is 9.59 Å². The molecule has 0 spiro atoms. The van der Waals surface area contributed by atoms with Gasteiger partial charge in [0, 0.05) is 0 Å². The van der Waals surface area contributed by atoms with Gasteiger partial charge in [-0.3, -0.25) is 4.79 Å². The van der Waals surface area contributed by atoms with Gasteiger partial charge >= 0.3 is 5.97 Å². The number of ether oxygens (including phenoxy) is 1. The van der Waals surface area contributed by atoms with Gasteiger partial charge in [-0.1, -0.05) is 37.7 Å². The second-order valence-corrected chi connectivity index (χ2v) is 8.20. The lowest BCUT2D eigenvalue weighted by Gasteiger charge is -2.08. The monoisotopic (exact) mass is 431 g/mol. The van der Waals surface area contributed by atoms with Gasteiger partial charge in [0.1, 0.15) is 5.00 Å². The minimum Gasteiger partial charge on any atom is -0.462 e. The third-order valence-corrected chi connectivity index (χ3v) is 5.74. The molecule has 3 rings (SSSR count). The molecular weight excluding hydrogens is 410 g/mol. The van der Waals surface area contributed by atoms with Crippen molar-refractivity contribution in [2.45, 2.75) is 31.8 Å². The molecule has 1 amide bonds. The Balaban J connectivity index is 1.63. The number of tetrazole rings is 1. The average Bonchev–Trinajstić information content (AvgIpc) is 3.36. The second-order valence-electron chi connectivity index (χ2n) is 6.34. The number of amides is 1. The van der Waals surface area contributed by atoms with Crippen molar-refractivity contribution in [1.82, 2.24) is 20.2 Å². The maximum atomic E-state index is 12.4. The van der Waals surface area contributed by atoms with Gasteiger partial charge in [0.05, 0.1) is 23.6 Å². The summed E-state index contributed by atoms with van der Waals surface area (Å²) in [6.45, 7) is 6.28. The fourth-order valence-electron chi connectivity index (χ4n) is 2.50. The van der Waals surface area contributed by atoms with Gasteiger partial charge in [-0.15, -0.1) is 16.4 Å². The molecule has 0 aliphatic rings. The second kappa shape index (κ2) is 9.66. The molecule has 8 nitrogen and oxygen atoms in total. The zero-order valence-electron chi connectivity index (χ0n) is 16.3. The zero-order chi connectivity index (χ0) is 20.8. The van der Waals surface area contributed by atoms with E-state index in [0.29, 0.717) is 21.6 Å². The van der Waals surface area contributed by atoms with Crippen molar-refractivity contribution < 1.29 is 14.3 Å². The van der Waals surface area contributed by atoms with Gasteiger partial charge < -0.3 is 10.1 Å². The van der Waals surface area contributed by atoms with E-state index in [2.05, 4.69) is 34.7 Å². The summed E-state index contributed by atoms with van der Waals surface area (Å²) in [5.41, 5.74) is 2.40. The summed E-state index contributed by atoms with van der Waals surface area (Å²) in [5, 5.41) is 17.2. The lowest BCUT2D eigenvalue weighted by molar-refractivity contribution is -0.113. The minimum atomic E-state index is -0.453. The van der Waals surface area contributed by atoms with Gasteiger partial charge in [0.15, 0.2) is 0 Å². The number of aromatic nitrogens is 4. The van der Waals surface area contributed by atoms with Crippen LogP contribution in [0.4, 0.5) is 5.00 Å². The highest BCUT2D eigenvalue weighted by Crippen LogP contribution is 2.25. The molecule has 29 heavy (non-hydrogen) atoms. The van der Waals surface area contributed by atoms with Gasteiger partial charge in [-0.05, 0) is 52.4 Å². The molecule has 2 aromatic heterocycles. The van der Waals surface area contributed by atoms with Crippen LogP contribution in [0.5, 0.6) is 0 Å². The standard InChI is InChI=1S/C19H21N5O3S2/c1-4-27-18(26)15-9-10-28-17(15)20-16(25)11-29-19-21-22-23-24(19)14-7-5-13(6-8-14)12(2)3/h5-10,12H,4,11H2,1-3H3,(H,20,25). The molecule has 0 aliphatic carbocycles. The smallest absolute Gasteiger partial charge is 0.341 e. The summed E-state index contributed by atoms with van der Waals surface area (Å²) in [6.07, 6.45) is 0. The Kier molecular flexibility index (Phi) is 6.99. The Hall–Kier alpha value is -2.72. The predicted octanol–water partition coefficient (Wildman–Crippen LogP) is 3.75. The quantitative estimate of drug-likeness (QED) is 0.428. The lowest BCUT2D eigenvalue weighted by Crippen LogP contribution is -2.16. The highest BCUT2D eigenvalue weighted by atomic mass is 32.2. The first-order valence-electron chi connectivity index (χ1n) is 9.05. The van der Waals surface area contributed by atoms with Crippen molar-refractivity contribution in [3.05, 3.63) is 46.8 Å². The Morgan fingerprint density at radius 2 is 2.00 bits per heavy atom. The maximum Gasteiger partial charge on any atom is 0.341 e. The number of nitrogens with zero attached hydrogens (tertiary/aromatic N) is 4. The number of esters is 1. The van der Waals surface area contributed by atoms with E-state index < -0.39 is 5.97 Å². The van der Waals surface area contributed by atoms with Crippen LogP contribution in [0.15, 0.2) is 40.9 Å². The molecular formula is C19H21N5O3S2. The topological polar surface area (TPSA) is 99.0 Å². The van der Waals surface area contributed by atoms with Gasteiger partial charge in [-0.25, -0.2) is 4.79 Å². The maximum absolute atomic E-state index is 12.4. The van der Waals surface area contributed by atoms with Crippen molar-refractivity contribution >= 4 is 40.0 Å². The minimum absolute atomic E-state index is 0.102. The van der Waals surface area contributed by atoms with Crippen LogP contribution >= 0.6 is 23.1 Å². The molecule has 152 valence electrons. The van der Waals surface area contributed by atoms with E-state index in [-0.39, 0.29) is 18.3 Å². The first kappa shape index (κ1) is 21.0. The van der Waals surface area contributed by atoms with Crippen molar-refractivity contribution in [2.24, 2.45) is 0 Å². The van der Waals surface area contributed by atoms with Gasteiger partial charge in [-0.2, -0.15) is 4.68 Å². The third kappa shape index (κ3) is 5.21. The number of carbonyl (C=O) groups is 2. The zero-order valence-corrected chi connectivity index (χ0v) is 17.9. The largest absolute Gasteiger partial charge is 0.462 e. The number of thiophene rings is 1. The molecule has 0 atom stereocenters. The van der Waals surface area contributed by atoms with E-state index >= 15 is 0 Å². The molecule has 3 aromatic rings. The van der Waals surface area contributed by atoms with Crippen molar-refractivity contribution in [1.29, 1.82) is 0 Å². The molecule has 0 saturated carbocycles. The number of anilines is 1. The SMILES string of the molecule is CCOC(=O)c1ccsc1NC(=O)CSc1nnnn1-c1ccc(C(C)C)cc1. The molecule has 0 radical (unpaired) electrons. The molecule has 0 aliphatic heterocycles. The van der Waals surface area contributed by atoms with Crippen LogP contribution in [0.3, 0.4) is 0 Å². The molecule has 1 N–H and O–H groups in total. The van der Waals surface area contributed by atoms with Crippen LogP contribution in [0, 0.1) is 0 Å². The van der Waals surface area contributed by atoms with E-state index in [4.69, 9.17) is 4.74 Å². The van der Waals surface area contributed by atoms with Gasteiger partial charge in [0.25, 0.3) is 0 Å².